The topological polar surface area (TPSA) is 97.3 Å². The molecule has 4 aliphatic rings. The number of oxime groups is 2. The fourth-order valence-electron chi connectivity index (χ4n) is 7.03. The Labute approximate surface area is 161 Å². The Morgan fingerprint density at radius 1 is 1.19 bits per heavy atom. The summed E-state index contributed by atoms with van der Waals surface area (Å²) >= 11 is 0. The molecule has 0 radical (unpaired) electrons. The smallest absolute Gasteiger partial charge is 0.139 e. The first-order chi connectivity index (χ1) is 12.9. The molecule has 4 aliphatic carbocycles. The van der Waals surface area contributed by atoms with Crippen LogP contribution in [0.25, 0.3) is 0 Å². The Kier molecular flexibility index (Phi) is 4.81. The Bertz CT molecular complexity index is 676. The van der Waals surface area contributed by atoms with E-state index in [1.807, 2.05) is 0 Å². The van der Waals surface area contributed by atoms with Crippen molar-refractivity contribution in [2.24, 2.45) is 50.5 Å². The fraction of sp³-hybridized carbons (Fsp3) is 0.857. The normalized spacial score (nSPS) is 46.9. The van der Waals surface area contributed by atoms with E-state index in [0.29, 0.717) is 36.7 Å². The highest BCUT2D eigenvalue weighted by molar-refractivity contribution is 5.96. The van der Waals surface area contributed by atoms with E-state index in [1.54, 1.807) is 0 Å². The molecule has 3 N–H and O–H groups in total. The molecule has 0 aromatic carbocycles. The van der Waals surface area contributed by atoms with Crippen LogP contribution in [0.1, 0.15) is 65.2 Å². The van der Waals surface area contributed by atoms with E-state index in [-0.39, 0.29) is 16.7 Å². The lowest BCUT2D eigenvalue weighted by Crippen LogP contribution is -2.56. The minimum atomic E-state index is -0.151. The SMILES string of the molecule is C[C@]12CCC(=NOCCN)CC1C(=NO)CC1C2CC[C@]2(C)C(=O)CCC12. The second-order valence-electron chi connectivity index (χ2n) is 9.63. The van der Waals surface area contributed by atoms with E-state index in [2.05, 4.69) is 24.2 Å². The average molecular weight is 376 g/mol. The maximum atomic E-state index is 12.6. The van der Waals surface area contributed by atoms with Crippen molar-refractivity contribution >= 4 is 17.2 Å². The van der Waals surface area contributed by atoms with Crippen molar-refractivity contribution in [1.82, 2.24) is 0 Å². The van der Waals surface area contributed by atoms with Gasteiger partial charge in [0, 0.05) is 24.3 Å². The summed E-state index contributed by atoms with van der Waals surface area (Å²) in [5.41, 5.74) is 7.41. The Hall–Kier alpha value is -1.43. The predicted octanol–water partition coefficient (Wildman–Crippen LogP) is 3.37. The lowest BCUT2D eigenvalue weighted by Gasteiger charge is -2.59. The van der Waals surface area contributed by atoms with Crippen molar-refractivity contribution in [3.63, 3.8) is 0 Å². The van der Waals surface area contributed by atoms with Gasteiger partial charge in [-0.3, -0.25) is 4.79 Å². The molecule has 4 rings (SSSR count). The number of nitrogens with zero attached hydrogens (tertiary/aromatic N) is 2. The van der Waals surface area contributed by atoms with Crippen molar-refractivity contribution in [2.75, 3.05) is 13.2 Å². The molecule has 0 spiro atoms. The zero-order valence-electron chi connectivity index (χ0n) is 16.6. The van der Waals surface area contributed by atoms with E-state index < -0.39 is 0 Å². The largest absolute Gasteiger partial charge is 0.411 e. The van der Waals surface area contributed by atoms with Crippen molar-refractivity contribution in [3.05, 3.63) is 0 Å². The van der Waals surface area contributed by atoms with Gasteiger partial charge >= 0.3 is 0 Å². The first-order valence-electron chi connectivity index (χ1n) is 10.6. The van der Waals surface area contributed by atoms with Gasteiger partial charge in [-0.2, -0.15) is 0 Å². The fourth-order valence-corrected chi connectivity index (χ4v) is 7.03. The van der Waals surface area contributed by atoms with Crippen molar-refractivity contribution in [3.8, 4) is 0 Å². The summed E-state index contributed by atoms with van der Waals surface area (Å²) in [6.45, 7) is 5.47. The number of Topliss-reactive ketones (excluding diaryl/α,β-unsaturated/α-hetero) is 1. The summed E-state index contributed by atoms with van der Waals surface area (Å²) in [7, 11) is 0. The zero-order chi connectivity index (χ0) is 19.2. The first kappa shape index (κ1) is 18.9. The van der Waals surface area contributed by atoms with Crippen LogP contribution in [0.5, 0.6) is 0 Å². The third-order valence-electron chi connectivity index (χ3n) is 8.56. The van der Waals surface area contributed by atoms with Crippen LogP contribution in [0.4, 0.5) is 0 Å². The van der Waals surface area contributed by atoms with Gasteiger partial charge in [0.25, 0.3) is 0 Å². The van der Waals surface area contributed by atoms with E-state index in [9.17, 15) is 10.0 Å². The molecule has 0 heterocycles. The number of nitrogens with two attached hydrogens (primary N) is 1. The van der Waals surface area contributed by atoms with E-state index in [0.717, 1.165) is 62.8 Å². The van der Waals surface area contributed by atoms with Gasteiger partial charge in [0.1, 0.15) is 12.4 Å². The molecule has 27 heavy (non-hydrogen) atoms. The molecular weight excluding hydrogens is 342 g/mol. The summed E-state index contributed by atoms with van der Waals surface area (Å²) in [6, 6.07) is 0. The third kappa shape index (κ3) is 2.82. The second kappa shape index (κ2) is 6.87. The van der Waals surface area contributed by atoms with E-state index >= 15 is 0 Å². The van der Waals surface area contributed by atoms with Gasteiger partial charge in [-0.25, -0.2) is 0 Å². The quantitative estimate of drug-likeness (QED) is 0.449. The van der Waals surface area contributed by atoms with Gasteiger partial charge in [-0.15, -0.1) is 0 Å². The molecule has 0 bridgehead atoms. The van der Waals surface area contributed by atoms with Gasteiger partial charge in [-0.1, -0.05) is 24.2 Å². The molecule has 6 heteroatoms. The van der Waals surface area contributed by atoms with Crippen LogP contribution in [0.15, 0.2) is 10.3 Å². The minimum Gasteiger partial charge on any atom is -0.411 e. The Morgan fingerprint density at radius 2 is 2.00 bits per heavy atom. The molecule has 0 aromatic heterocycles. The van der Waals surface area contributed by atoms with Gasteiger partial charge < -0.3 is 15.8 Å². The molecule has 4 unspecified atom stereocenters. The van der Waals surface area contributed by atoms with E-state index in [4.69, 9.17) is 10.6 Å². The second-order valence-corrected chi connectivity index (χ2v) is 9.63. The van der Waals surface area contributed by atoms with Gasteiger partial charge in [-0.05, 0) is 68.1 Å². The van der Waals surface area contributed by atoms with Crippen LogP contribution in [0.3, 0.4) is 0 Å². The van der Waals surface area contributed by atoms with Crippen LogP contribution in [-0.2, 0) is 9.63 Å². The molecular formula is C21H33N3O3. The molecule has 0 amide bonds. The number of carbonyl (C=O) groups excluding carboxylic acids is 1. The molecule has 4 fully saturated rings. The molecule has 0 aliphatic heterocycles. The molecule has 6 atom stereocenters. The minimum absolute atomic E-state index is 0.115. The number of ketones is 1. The Balaban J connectivity index is 1.61. The van der Waals surface area contributed by atoms with E-state index in [1.165, 1.54) is 0 Å². The zero-order valence-corrected chi connectivity index (χ0v) is 16.6. The Morgan fingerprint density at radius 3 is 2.74 bits per heavy atom. The average Bonchev–Trinajstić information content (AvgIpc) is 2.96. The van der Waals surface area contributed by atoms with Crippen LogP contribution < -0.4 is 5.73 Å². The van der Waals surface area contributed by atoms with Crippen LogP contribution in [-0.4, -0.2) is 35.6 Å². The van der Waals surface area contributed by atoms with Crippen LogP contribution >= 0.6 is 0 Å². The number of fused-ring (bicyclic) bond motifs is 5. The molecule has 150 valence electrons. The molecule has 4 saturated carbocycles. The molecule has 0 saturated heterocycles. The monoisotopic (exact) mass is 375 g/mol. The van der Waals surface area contributed by atoms with Crippen molar-refractivity contribution in [2.45, 2.75) is 65.2 Å². The standard InChI is InChI=1S/C21H33N3O3/c1-20-7-5-13(24-27-10-9-22)11-17(20)18(23-26)12-14-15-3-4-19(25)21(15,2)8-6-16(14)20/h14-17,26H,3-12,22H2,1-2H3/t14?,15?,16?,17?,20-,21+/m1/s1. The summed E-state index contributed by atoms with van der Waals surface area (Å²) in [6.07, 6.45) is 7.48. The van der Waals surface area contributed by atoms with Crippen LogP contribution in [0.2, 0.25) is 0 Å². The first-order valence-corrected chi connectivity index (χ1v) is 10.6. The summed E-state index contributed by atoms with van der Waals surface area (Å²) < 4.78 is 0. The molecule has 6 nitrogen and oxygen atoms in total. The maximum Gasteiger partial charge on any atom is 0.139 e. The number of carbonyl (C=O) groups is 1. The predicted molar refractivity (Wildman–Crippen MR) is 104 cm³/mol. The maximum absolute atomic E-state index is 12.6. The lowest BCUT2D eigenvalue weighted by atomic mass is 9.45. The lowest BCUT2D eigenvalue weighted by molar-refractivity contribution is -0.133. The summed E-state index contributed by atoms with van der Waals surface area (Å²) in [5, 5.41) is 17.9. The highest BCUT2D eigenvalue weighted by Crippen LogP contribution is 2.64. The highest BCUT2D eigenvalue weighted by atomic mass is 16.6. The van der Waals surface area contributed by atoms with Gasteiger partial charge in [0.05, 0.1) is 11.4 Å². The van der Waals surface area contributed by atoms with Gasteiger partial charge in [0.2, 0.25) is 0 Å². The molecule has 0 aromatic rings. The number of hydrogen-bond donors (Lipinski definition) is 2. The number of hydrogen-bond acceptors (Lipinski definition) is 6. The number of rotatable bonds is 3. The summed E-state index contributed by atoms with van der Waals surface area (Å²) in [4.78, 5) is 17.9. The van der Waals surface area contributed by atoms with Crippen molar-refractivity contribution < 1.29 is 14.8 Å². The summed E-state index contributed by atoms with van der Waals surface area (Å²) in [5.74, 6) is 2.19. The highest BCUT2D eigenvalue weighted by Gasteiger charge is 2.61. The third-order valence-corrected chi connectivity index (χ3v) is 8.56. The van der Waals surface area contributed by atoms with Gasteiger partial charge in [0.15, 0.2) is 0 Å². The van der Waals surface area contributed by atoms with Crippen LogP contribution in [0, 0.1) is 34.5 Å². The van der Waals surface area contributed by atoms with Crippen molar-refractivity contribution in [1.29, 1.82) is 0 Å².